The predicted octanol–water partition coefficient (Wildman–Crippen LogP) is 5.27. The molecular weight excluding hydrogens is 349 g/mol. The molecule has 3 aromatic rings. The molecule has 1 N–H and O–H groups in total. The lowest BCUT2D eigenvalue weighted by molar-refractivity contribution is 0.102. The van der Waals surface area contributed by atoms with Crippen LogP contribution in [0.1, 0.15) is 28.5 Å². The van der Waals surface area contributed by atoms with E-state index >= 15 is 0 Å². The first-order chi connectivity index (χ1) is 11.5. The van der Waals surface area contributed by atoms with E-state index < -0.39 is 11.9 Å². The zero-order valence-corrected chi connectivity index (χ0v) is 14.2. The lowest BCUT2D eigenvalue weighted by Gasteiger charge is -2.05. The number of nitrogens with zero attached hydrogens (tertiary/aromatic N) is 1. The molecule has 0 bridgehead atoms. The molecule has 0 atom stereocenters. The van der Waals surface area contributed by atoms with Crippen LogP contribution in [-0.4, -0.2) is 21.6 Å². The number of halogens is 2. The van der Waals surface area contributed by atoms with Gasteiger partial charge in [-0.1, -0.05) is 54.4 Å². The Bertz CT molecular complexity index is 976. The molecule has 0 amide bonds. The minimum Gasteiger partial charge on any atom is -0.464 e. The van der Waals surface area contributed by atoms with E-state index in [1.54, 1.807) is 30.3 Å². The van der Waals surface area contributed by atoms with Gasteiger partial charge in [-0.3, -0.25) is 4.79 Å². The van der Waals surface area contributed by atoms with Gasteiger partial charge in [0.15, 0.2) is 0 Å². The van der Waals surface area contributed by atoms with Gasteiger partial charge in [0, 0.05) is 16.0 Å². The number of hydrogen-bond donors (Lipinski definition) is 1. The van der Waals surface area contributed by atoms with Gasteiger partial charge in [-0.15, -0.1) is 0 Å². The Balaban J connectivity index is 2.35. The number of carbonyl (C=O) groups excluding carboxylic acids is 1. The Morgan fingerprint density at radius 1 is 1.12 bits per heavy atom. The second-order valence-corrected chi connectivity index (χ2v) is 6.10. The molecule has 0 spiro atoms. The number of benzene rings is 2. The molecule has 4 nitrogen and oxygen atoms in total. The van der Waals surface area contributed by atoms with Crippen LogP contribution in [0.25, 0.3) is 10.9 Å². The van der Waals surface area contributed by atoms with Crippen molar-refractivity contribution in [3.63, 3.8) is 0 Å². The summed E-state index contributed by atoms with van der Waals surface area (Å²) >= 11 is 12.4. The molecule has 0 aliphatic rings. The molecule has 2 aromatic carbocycles. The number of carbonyl (C=O) groups is 2. The van der Waals surface area contributed by atoms with Gasteiger partial charge < -0.3 is 5.11 Å². The summed E-state index contributed by atoms with van der Waals surface area (Å²) < 4.78 is 0.945. The third-order valence-corrected chi connectivity index (χ3v) is 4.50. The van der Waals surface area contributed by atoms with Crippen LogP contribution in [-0.2, 0) is 6.42 Å². The highest BCUT2D eigenvalue weighted by atomic mass is 35.5. The Morgan fingerprint density at radius 2 is 1.83 bits per heavy atom. The summed E-state index contributed by atoms with van der Waals surface area (Å²) in [6, 6.07) is 11.6. The second-order valence-electron chi connectivity index (χ2n) is 5.28. The first-order valence-electron chi connectivity index (χ1n) is 7.31. The number of rotatable bonds is 3. The maximum atomic E-state index is 12.9. The van der Waals surface area contributed by atoms with Crippen molar-refractivity contribution in [2.75, 3.05) is 0 Å². The molecule has 0 radical (unpaired) electrons. The lowest BCUT2D eigenvalue weighted by atomic mass is 10.1. The highest BCUT2D eigenvalue weighted by Gasteiger charge is 2.27. The standard InChI is InChI=1S/C18H13Cl2NO3/c1-2-10-5-4-8-13-14(10)15(20)16(21(13)18(23)24)17(22)11-6-3-7-12(19)9-11/h3-9H,2H2,1H3,(H,23,24). The number of aromatic nitrogens is 1. The summed E-state index contributed by atoms with van der Waals surface area (Å²) in [5.74, 6) is -0.483. The molecule has 24 heavy (non-hydrogen) atoms. The Kier molecular flexibility index (Phi) is 4.35. The molecule has 0 saturated heterocycles. The summed E-state index contributed by atoms with van der Waals surface area (Å²) in [5, 5.41) is 10.7. The molecule has 0 aliphatic carbocycles. The van der Waals surface area contributed by atoms with E-state index in [0.717, 1.165) is 10.1 Å². The average molecular weight is 362 g/mol. The van der Waals surface area contributed by atoms with Gasteiger partial charge in [-0.2, -0.15) is 0 Å². The summed E-state index contributed by atoms with van der Waals surface area (Å²) in [5.41, 5.74) is 1.50. The first kappa shape index (κ1) is 16.6. The zero-order valence-electron chi connectivity index (χ0n) is 12.7. The van der Waals surface area contributed by atoms with Gasteiger partial charge in [-0.05, 0) is 30.2 Å². The van der Waals surface area contributed by atoms with E-state index in [0.29, 0.717) is 22.3 Å². The maximum absolute atomic E-state index is 12.9. The zero-order chi connectivity index (χ0) is 17.4. The molecule has 122 valence electrons. The van der Waals surface area contributed by atoms with E-state index in [1.807, 2.05) is 13.0 Å². The highest BCUT2D eigenvalue weighted by Crippen LogP contribution is 2.35. The topological polar surface area (TPSA) is 59.3 Å². The van der Waals surface area contributed by atoms with Crippen molar-refractivity contribution < 1.29 is 14.7 Å². The summed E-state index contributed by atoms with van der Waals surface area (Å²) in [6.45, 7) is 1.95. The minimum absolute atomic E-state index is 0.0673. The molecule has 1 aromatic heterocycles. The Labute approximate surface area is 148 Å². The number of fused-ring (bicyclic) bond motifs is 1. The van der Waals surface area contributed by atoms with Crippen molar-refractivity contribution in [2.45, 2.75) is 13.3 Å². The van der Waals surface area contributed by atoms with Crippen molar-refractivity contribution in [3.05, 3.63) is 69.3 Å². The van der Waals surface area contributed by atoms with E-state index in [2.05, 4.69) is 0 Å². The van der Waals surface area contributed by atoms with Crippen molar-refractivity contribution in [1.82, 2.24) is 4.57 Å². The summed E-state index contributed by atoms with van der Waals surface area (Å²) in [4.78, 5) is 24.7. The first-order valence-corrected chi connectivity index (χ1v) is 8.06. The molecule has 0 saturated carbocycles. The van der Waals surface area contributed by atoms with Crippen LogP contribution in [0, 0.1) is 0 Å². The second kappa shape index (κ2) is 6.30. The fraction of sp³-hybridized carbons (Fsp3) is 0.111. The normalized spacial score (nSPS) is 11.0. The van der Waals surface area contributed by atoms with E-state index in [1.165, 1.54) is 6.07 Å². The van der Waals surface area contributed by atoms with Crippen LogP contribution < -0.4 is 0 Å². The largest absolute Gasteiger partial charge is 0.464 e. The van der Waals surface area contributed by atoms with Crippen LogP contribution in [0.2, 0.25) is 10.0 Å². The quantitative estimate of drug-likeness (QED) is 0.646. The fourth-order valence-electron chi connectivity index (χ4n) is 2.82. The van der Waals surface area contributed by atoms with E-state index in [-0.39, 0.29) is 16.3 Å². The van der Waals surface area contributed by atoms with Gasteiger partial charge in [0.25, 0.3) is 0 Å². The maximum Gasteiger partial charge on any atom is 0.416 e. The van der Waals surface area contributed by atoms with Gasteiger partial charge in [0.05, 0.1) is 10.5 Å². The van der Waals surface area contributed by atoms with Gasteiger partial charge in [0.2, 0.25) is 5.78 Å². The molecule has 0 aliphatic heterocycles. The van der Waals surface area contributed by atoms with Crippen molar-refractivity contribution >= 4 is 46.0 Å². The van der Waals surface area contributed by atoms with E-state index in [4.69, 9.17) is 23.2 Å². The van der Waals surface area contributed by atoms with Gasteiger partial charge in [-0.25, -0.2) is 9.36 Å². The van der Waals surface area contributed by atoms with Crippen LogP contribution in [0.15, 0.2) is 42.5 Å². The monoisotopic (exact) mass is 361 g/mol. The van der Waals surface area contributed by atoms with Gasteiger partial charge in [0.1, 0.15) is 5.69 Å². The number of hydrogen-bond acceptors (Lipinski definition) is 2. The number of aryl methyl sites for hydroxylation is 1. The van der Waals surface area contributed by atoms with Crippen LogP contribution in [0.4, 0.5) is 4.79 Å². The van der Waals surface area contributed by atoms with Crippen molar-refractivity contribution in [2.24, 2.45) is 0 Å². The fourth-order valence-corrected chi connectivity index (χ4v) is 3.40. The molecule has 3 rings (SSSR count). The minimum atomic E-state index is -1.26. The predicted molar refractivity (Wildman–Crippen MR) is 94.6 cm³/mol. The number of ketones is 1. The number of carboxylic acid groups (broad SMARTS) is 1. The smallest absolute Gasteiger partial charge is 0.416 e. The van der Waals surface area contributed by atoms with Crippen LogP contribution in [0.3, 0.4) is 0 Å². The summed E-state index contributed by atoms with van der Waals surface area (Å²) in [6.07, 6.45) is -0.587. The molecule has 0 fully saturated rings. The highest BCUT2D eigenvalue weighted by molar-refractivity contribution is 6.40. The SMILES string of the molecule is CCc1cccc2c1c(Cl)c(C(=O)c1cccc(Cl)c1)n2C(=O)O. The molecule has 0 unspecified atom stereocenters. The van der Waals surface area contributed by atoms with Crippen molar-refractivity contribution in [1.29, 1.82) is 0 Å². The third-order valence-electron chi connectivity index (χ3n) is 3.89. The van der Waals surface area contributed by atoms with Crippen LogP contribution in [0.5, 0.6) is 0 Å². The average Bonchev–Trinajstić information content (AvgIpc) is 2.87. The van der Waals surface area contributed by atoms with Crippen LogP contribution >= 0.6 is 23.2 Å². The molecular formula is C18H13Cl2NO3. The van der Waals surface area contributed by atoms with Gasteiger partial charge >= 0.3 is 6.09 Å². The van der Waals surface area contributed by atoms with E-state index in [9.17, 15) is 14.7 Å². The molecule has 6 heteroatoms. The Morgan fingerprint density at radius 3 is 2.46 bits per heavy atom. The lowest BCUT2D eigenvalue weighted by Crippen LogP contribution is -2.16. The summed E-state index contributed by atoms with van der Waals surface area (Å²) in [7, 11) is 0. The van der Waals surface area contributed by atoms with Crippen molar-refractivity contribution in [3.8, 4) is 0 Å². The third kappa shape index (κ3) is 2.58. The Hall–Kier alpha value is -2.30. The molecule has 1 heterocycles.